The number of benzene rings is 2. The van der Waals surface area contributed by atoms with Crippen LogP contribution in [-0.4, -0.2) is 61.5 Å². The lowest BCUT2D eigenvalue weighted by atomic mass is 9.70. The van der Waals surface area contributed by atoms with E-state index in [-0.39, 0.29) is 29.2 Å². The number of halogens is 8. The van der Waals surface area contributed by atoms with Crippen LogP contribution in [0.25, 0.3) is 0 Å². The molecule has 1 atom stereocenters. The Balaban J connectivity index is 0.000000318. The van der Waals surface area contributed by atoms with Crippen LogP contribution in [0.15, 0.2) is 59.5 Å². The minimum atomic E-state index is -6.05. The maximum Gasteiger partial charge on any atom is 0.435 e. The third kappa shape index (κ3) is 8.73. The average molecular weight is 674 g/mol. The van der Waals surface area contributed by atoms with Gasteiger partial charge < -0.3 is 10.0 Å². The molecule has 2 aromatic rings. The zero-order valence-electron chi connectivity index (χ0n) is 24.4. The Labute approximate surface area is 256 Å². The number of nitrogens with zero attached hydrogens (tertiary/aromatic N) is 1. The summed E-state index contributed by atoms with van der Waals surface area (Å²) in [6, 6.07) is 8.86. The van der Waals surface area contributed by atoms with E-state index in [0.29, 0.717) is 25.1 Å². The van der Waals surface area contributed by atoms with Crippen LogP contribution in [0.2, 0.25) is 0 Å². The molecule has 6 nitrogen and oxygen atoms in total. The first-order valence-corrected chi connectivity index (χ1v) is 15.7. The maximum atomic E-state index is 13.3. The van der Waals surface area contributed by atoms with E-state index in [1.807, 2.05) is 0 Å². The highest BCUT2D eigenvalue weighted by atomic mass is 32.2. The Bertz CT molecular complexity index is 1320. The van der Waals surface area contributed by atoms with Gasteiger partial charge in [0.2, 0.25) is 5.91 Å². The topological polar surface area (TPSA) is 91.8 Å². The summed E-state index contributed by atoms with van der Waals surface area (Å²) in [7, 11) is -3.55. The number of carboxylic acid groups (broad SMARTS) is 1. The number of likely N-dealkylation sites (tertiary alicyclic amines) is 1. The Morgan fingerprint density at radius 2 is 1.44 bits per heavy atom. The Morgan fingerprint density at radius 3 is 1.91 bits per heavy atom. The summed E-state index contributed by atoms with van der Waals surface area (Å²) in [5.74, 6) is -0.304. The van der Waals surface area contributed by atoms with Crippen LogP contribution >= 0.6 is 0 Å². The standard InChI is InChI=1S/C20H28FNO3S.C9H5F7.CH2O2/c1-2-11-20(12-4-3-5-13-20)19(23)22-14-10-18(15-22)26(24,25)17-8-6-16(21)7-9-17;10-7(8(11,12)13,9(14,15)16)6-4-2-1-3-5-6;2-1-3/h6-9,18H,2-5,10-15H2,1H3;1-5H;1H,(H,2,3). The Kier molecular flexibility index (Phi) is 13.0. The fraction of sp³-hybridized carbons (Fsp3) is 0.533. The van der Waals surface area contributed by atoms with E-state index in [1.54, 1.807) is 4.90 Å². The molecular formula is C30H35F8NO5S. The molecule has 252 valence electrons. The number of carbonyl (C=O) groups is 2. The number of hydrogen-bond donors (Lipinski definition) is 1. The maximum absolute atomic E-state index is 13.3. The predicted molar refractivity (Wildman–Crippen MR) is 149 cm³/mol. The van der Waals surface area contributed by atoms with Crippen LogP contribution in [0.4, 0.5) is 35.1 Å². The van der Waals surface area contributed by atoms with E-state index in [4.69, 9.17) is 9.90 Å². The molecule has 1 saturated heterocycles. The molecule has 2 fully saturated rings. The van der Waals surface area contributed by atoms with Crippen molar-refractivity contribution in [3.05, 3.63) is 66.0 Å². The normalized spacial score (nSPS) is 18.6. The number of sulfone groups is 1. The van der Waals surface area contributed by atoms with Gasteiger partial charge in [-0.1, -0.05) is 62.9 Å². The van der Waals surface area contributed by atoms with Gasteiger partial charge in [-0.05, 0) is 49.9 Å². The van der Waals surface area contributed by atoms with Gasteiger partial charge in [0, 0.05) is 24.1 Å². The molecule has 15 heteroatoms. The van der Waals surface area contributed by atoms with Crippen LogP contribution in [0.3, 0.4) is 0 Å². The molecule has 4 rings (SSSR count). The largest absolute Gasteiger partial charge is 0.483 e. The zero-order valence-corrected chi connectivity index (χ0v) is 25.2. The van der Waals surface area contributed by atoms with Crippen molar-refractivity contribution in [3.8, 4) is 0 Å². The Morgan fingerprint density at radius 1 is 0.933 bits per heavy atom. The summed E-state index contributed by atoms with van der Waals surface area (Å²) < 4.78 is 125. The molecule has 1 unspecified atom stereocenters. The lowest BCUT2D eigenvalue weighted by Gasteiger charge is -2.38. The number of amides is 1. The molecule has 1 aliphatic heterocycles. The highest BCUT2D eigenvalue weighted by molar-refractivity contribution is 7.92. The van der Waals surface area contributed by atoms with Crippen LogP contribution in [0.5, 0.6) is 0 Å². The van der Waals surface area contributed by atoms with Crippen molar-refractivity contribution in [2.75, 3.05) is 13.1 Å². The number of hydrogen-bond acceptors (Lipinski definition) is 4. The lowest BCUT2D eigenvalue weighted by Crippen LogP contribution is -2.50. The Hall–Kier alpha value is -3.23. The second kappa shape index (κ2) is 15.4. The van der Waals surface area contributed by atoms with E-state index in [2.05, 4.69) is 6.92 Å². The van der Waals surface area contributed by atoms with E-state index in [9.17, 15) is 48.3 Å². The van der Waals surface area contributed by atoms with Gasteiger partial charge in [-0.2, -0.15) is 26.3 Å². The molecule has 0 spiro atoms. The van der Waals surface area contributed by atoms with Gasteiger partial charge in [-0.25, -0.2) is 17.2 Å². The van der Waals surface area contributed by atoms with Crippen molar-refractivity contribution in [1.29, 1.82) is 0 Å². The molecule has 1 saturated carbocycles. The van der Waals surface area contributed by atoms with Gasteiger partial charge in [0.25, 0.3) is 6.47 Å². The van der Waals surface area contributed by atoms with Gasteiger partial charge in [0.05, 0.1) is 10.1 Å². The average Bonchev–Trinajstić information content (AvgIpc) is 3.49. The molecular weight excluding hydrogens is 638 g/mol. The first-order chi connectivity index (χ1) is 20.9. The summed E-state index contributed by atoms with van der Waals surface area (Å²) in [5.41, 5.74) is -7.10. The van der Waals surface area contributed by atoms with Gasteiger partial charge in [-0.15, -0.1) is 0 Å². The minimum absolute atomic E-state index is 0.138. The molecule has 2 aromatic carbocycles. The number of alkyl halides is 7. The fourth-order valence-electron chi connectivity index (χ4n) is 5.75. The van der Waals surface area contributed by atoms with Crippen LogP contribution in [0.1, 0.15) is 63.9 Å². The van der Waals surface area contributed by atoms with Crippen molar-refractivity contribution >= 4 is 22.2 Å². The summed E-state index contributed by atoms with van der Waals surface area (Å²) in [6.45, 7) is 2.61. The molecule has 2 aliphatic rings. The number of rotatable bonds is 6. The zero-order chi connectivity index (χ0) is 34.1. The molecule has 1 heterocycles. The summed E-state index contributed by atoms with van der Waals surface area (Å²) in [5, 5.41) is 6.29. The van der Waals surface area contributed by atoms with Gasteiger partial charge in [0.1, 0.15) is 5.82 Å². The number of carbonyl (C=O) groups excluding carboxylic acids is 1. The van der Waals surface area contributed by atoms with Crippen molar-refractivity contribution in [2.24, 2.45) is 5.41 Å². The third-order valence-electron chi connectivity index (χ3n) is 7.96. The van der Waals surface area contributed by atoms with E-state index in [0.717, 1.165) is 50.7 Å². The monoisotopic (exact) mass is 673 g/mol. The quantitative estimate of drug-likeness (QED) is 0.194. The first kappa shape index (κ1) is 38.0. The van der Waals surface area contributed by atoms with Gasteiger partial charge >= 0.3 is 18.0 Å². The minimum Gasteiger partial charge on any atom is -0.483 e. The van der Waals surface area contributed by atoms with Crippen LogP contribution in [0, 0.1) is 11.2 Å². The van der Waals surface area contributed by atoms with E-state index in [1.165, 1.54) is 36.8 Å². The van der Waals surface area contributed by atoms with Crippen molar-refractivity contribution < 1.29 is 58.2 Å². The van der Waals surface area contributed by atoms with E-state index >= 15 is 0 Å². The van der Waals surface area contributed by atoms with Crippen LogP contribution in [-0.2, 0) is 25.1 Å². The molecule has 1 N–H and O–H groups in total. The highest BCUT2D eigenvalue weighted by Gasteiger charge is 2.73. The molecule has 1 aliphatic carbocycles. The summed E-state index contributed by atoms with van der Waals surface area (Å²) >= 11 is 0. The first-order valence-electron chi connectivity index (χ1n) is 14.2. The van der Waals surface area contributed by atoms with Gasteiger partial charge in [-0.3, -0.25) is 9.59 Å². The van der Waals surface area contributed by atoms with Crippen molar-refractivity contribution in [1.82, 2.24) is 4.90 Å². The second-order valence-electron chi connectivity index (χ2n) is 10.9. The SMILES string of the molecule is CCCC1(C(=O)N2CCC(S(=O)(=O)c3ccc(F)cc3)C2)CCCCC1.FC(F)(F)C(F)(c1ccccc1)C(F)(F)F.O=CO. The van der Waals surface area contributed by atoms with Gasteiger partial charge in [0.15, 0.2) is 9.84 Å². The lowest BCUT2D eigenvalue weighted by molar-refractivity contribution is -0.348. The van der Waals surface area contributed by atoms with Crippen molar-refractivity contribution in [2.45, 2.75) is 86.5 Å². The molecule has 1 amide bonds. The predicted octanol–water partition coefficient (Wildman–Crippen LogP) is 7.63. The third-order valence-corrected chi connectivity index (χ3v) is 10.2. The summed E-state index contributed by atoms with van der Waals surface area (Å²) in [6.07, 6.45) is -4.60. The smallest absolute Gasteiger partial charge is 0.435 e. The summed E-state index contributed by atoms with van der Waals surface area (Å²) in [4.78, 5) is 23.5. The van der Waals surface area contributed by atoms with E-state index < -0.39 is 44.5 Å². The van der Waals surface area contributed by atoms with Crippen molar-refractivity contribution in [3.63, 3.8) is 0 Å². The molecule has 45 heavy (non-hydrogen) atoms. The second-order valence-corrected chi connectivity index (χ2v) is 13.1. The molecule has 0 radical (unpaired) electrons. The molecule has 0 bridgehead atoms. The highest BCUT2D eigenvalue weighted by Crippen LogP contribution is 2.53. The molecule has 0 aromatic heterocycles. The fourth-order valence-corrected chi connectivity index (χ4v) is 7.44. The van der Waals surface area contributed by atoms with Crippen LogP contribution < -0.4 is 0 Å².